The van der Waals surface area contributed by atoms with Crippen LogP contribution in [0.4, 0.5) is 0 Å². The summed E-state index contributed by atoms with van der Waals surface area (Å²) in [5.41, 5.74) is 4.83. The van der Waals surface area contributed by atoms with Crippen LogP contribution in [0.2, 0.25) is 0 Å². The van der Waals surface area contributed by atoms with E-state index in [9.17, 15) is 0 Å². The lowest BCUT2D eigenvalue weighted by Gasteiger charge is -2.37. The van der Waals surface area contributed by atoms with Crippen molar-refractivity contribution in [3.8, 4) is 0 Å². The summed E-state index contributed by atoms with van der Waals surface area (Å²) < 4.78 is 1.39. The van der Waals surface area contributed by atoms with Crippen LogP contribution in [0.25, 0.3) is 16.8 Å². The van der Waals surface area contributed by atoms with Crippen molar-refractivity contribution in [3.05, 3.63) is 53.1 Å². The molecule has 2 aliphatic heterocycles. The summed E-state index contributed by atoms with van der Waals surface area (Å²) in [6.07, 6.45) is 8.17. The second kappa shape index (κ2) is 4.70. The Morgan fingerprint density at radius 3 is 2.68 bits per heavy atom. The van der Waals surface area contributed by atoms with E-state index >= 15 is 0 Å². The summed E-state index contributed by atoms with van der Waals surface area (Å²) in [6, 6.07) is 13.6. The van der Waals surface area contributed by atoms with Gasteiger partial charge in [-0.15, -0.1) is 0 Å². The molecular formula is C21H24N+. The van der Waals surface area contributed by atoms with Gasteiger partial charge in [0.2, 0.25) is 0 Å². The molecule has 0 bridgehead atoms. The van der Waals surface area contributed by atoms with E-state index in [-0.39, 0.29) is 0 Å². The van der Waals surface area contributed by atoms with Crippen LogP contribution in [-0.2, 0) is 6.42 Å². The fourth-order valence-corrected chi connectivity index (χ4v) is 5.19. The third kappa shape index (κ3) is 1.88. The number of quaternary nitrogens is 1. The van der Waals surface area contributed by atoms with Crippen LogP contribution in [0.5, 0.6) is 0 Å². The van der Waals surface area contributed by atoms with Gasteiger partial charge in [-0.2, -0.15) is 0 Å². The molecule has 2 aromatic carbocycles. The predicted molar refractivity (Wildman–Crippen MR) is 92.7 cm³/mol. The second-order valence-corrected chi connectivity index (χ2v) is 7.67. The van der Waals surface area contributed by atoms with E-state index in [4.69, 9.17) is 0 Å². The molecule has 0 N–H and O–H groups in total. The van der Waals surface area contributed by atoms with E-state index in [0.717, 1.165) is 5.92 Å². The van der Waals surface area contributed by atoms with Crippen molar-refractivity contribution in [1.29, 1.82) is 0 Å². The zero-order valence-corrected chi connectivity index (χ0v) is 13.2. The van der Waals surface area contributed by atoms with Gasteiger partial charge in [0.1, 0.15) is 6.54 Å². The maximum absolute atomic E-state index is 2.56. The minimum atomic E-state index is 0.812. The molecule has 2 heterocycles. The third-order valence-electron chi connectivity index (χ3n) is 6.27. The summed E-state index contributed by atoms with van der Waals surface area (Å²) in [7, 11) is 0. The van der Waals surface area contributed by atoms with E-state index in [1.54, 1.807) is 11.1 Å². The molecule has 1 spiro atoms. The van der Waals surface area contributed by atoms with E-state index in [1.165, 1.54) is 72.7 Å². The third-order valence-corrected chi connectivity index (χ3v) is 6.27. The van der Waals surface area contributed by atoms with Crippen molar-refractivity contribution in [2.24, 2.45) is 5.92 Å². The highest BCUT2D eigenvalue weighted by Crippen LogP contribution is 2.41. The largest absolute Gasteiger partial charge is 0.320 e. The SMILES string of the molecule is C1=C2C[N+]3(CCCCC3)CC2Cc2ccc3ccccc3c21. The normalized spacial score (nSPS) is 25.8. The quantitative estimate of drug-likeness (QED) is 0.630. The number of benzene rings is 2. The molecule has 2 saturated heterocycles. The van der Waals surface area contributed by atoms with Gasteiger partial charge in [-0.05, 0) is 59.2 Å². The maximum Gasteiger partial charge on any atom is 0.101 e. The molecule has 5 rings (SSSR count). The monoisotopic (exact) mass is 290 g/mol. The molecule has 1 atom stereocenters. The molecular weight excluding hydrogens is 266 g/mol. The smallest absolute Gasteiger partial charge is 0.101 e. The number of nitrogens with zero attached hydrogens (tertiary/aromatic N) is 1. The van der Waals surface area contributed by atoms with Crippen LogP contribution in [-0.4, -0.2) is 30.7 Å². The van der Waals surface area contributed by atoms with Gasteiger partial charge >= 0.3 is 0 Å². The second-order valence-electron chi connectivity index (χ2n) is 7.67. The minimum absolute atomic E-state index is 0.812. The molecule has 1 aliphatic carbocycles. The molecule has 0 amide bonds. The first kappa shape index (κ1) is 12.9. The summed E-state index contributed by atoms with van der Waals surface area (Å²) in [6.45, 7) is 5.57. The fourth-order valence-electron chi connectivity index (χ4n) is 5.19. The predicted octanol–water partition coefficient (Wildman–Crippen LogP) is 4.41. The van der Waals surface area contributed by atoms with Crippen LogP contribution >= 0.6 is 0 Å². The van der Waals surface area contributed by atoms with Gasteiger partial charge in [0.15, 0.2) is 0 Å². The van der Waals surface area contributed by atoms with Gasteiger partial charge in [-0.25, -0.2) is 0 Å². The minimum Gasteiger partial charge on any atom is -0.320 e. The molecule has 2 fully saturated rings. The number of rotatable bonds is 0. The molecule has 112 valence electrons. The molecule has 1 nitrogen and oxygen atoms in total. The van der Waals surface area contributed by atoms with Crippen molar-refractivity contribution in [2.45, 2.75) is 25.7 Å². The number of fused-ring (bicyclic) bond motifs is 4. The van der Waals surface area contributed by atoms with Crippen molar-refractivity contribution < 1.29 is 4.48 Å². The van der Waals surface area contributed by atoms with Gasteiger partial charge in [0, 0.05) is 5.92 Å². The zero-order chi connectivity index (χ0) is 14.6. The standard InChI is InChI=1S/C21H24N/c1-4-10-22(11-5-1)14-18-12-17-9-8-16-6-2-3-7-20(16)21(17)13-19(18)15-22/h2-3,6-9,13,18H,1,4-5,10-12,14-15H2/q+1. The van der Waals surface area contributed by atoms with Crippen molar-refractivity contribution >= 4 is 16.8 Å². The van der Waals surface area contributed by atoms with Crippen LogP contribution < -0.4 is 0 Å². The van der Waals surface area contributed by atoms with E-state index in [0.29, 0.717) is 0 Å². The molecule has 0 radical (unpaired) electrons. The highest BCUT2D eigenvalue weighted by atomic mass is 15.4. The molecule has 0 aromatic heterocycles. The Morgan fingerprint density at radius 1 is 0.909 bits per heavy atom. The van der Waals surface area contributed by atoms with Gasteiger partial charge in [0.25, 0.3) is 0 Å². The summed E-state index contributed by atoms with van der Waals surface area (Å²) >= 11 is 0. The fraction of sp³-hybridized carbons (Fsp3) is 0.429. The van der Waals surface area contributed by atoms with Crippen LogP contribution in [0, 0.1) is 5.92 Å². The molecule has 2 aromatic rings. The first-order valence-electron chi connectivity index (χ1n) is 8.89. The highest BCUT2D eigenvalue weighted by molar-refractivity contribution is 5.93. The van der Waals surface area contributed by atoms with Crippen LogP contribution in [0.3, 0.4) is 0 Å². The topological polar surface area (TPSA) is 0 Å². The van der Waals surface area contributed by atoms with Crippen LogP contribution in [0.15, 0.2) is 42.0 Å². The lowest BCUT2D eigenvalue weighted by Crippen LogP contribution is -2.49. The van der Waals surface area contributed by atoms with E-state index in [2.05, 4.69) is 42.5 Å². The van der Waals surface area contributed by atoms with Crippen molar-refractivity contribution in [3.63, 3.8) is 0 Å². The molecule has 22 heavy (non-hydrogen) atoms. The summed E-state index contributed by atoms with van der Waals surface area (Å²) in [5.74, 6) is 0.812. The van der Waals surface area contributed by atoms with Gasteiger partial charge < -0.3 is 4.48 Å². The Hall–Kier alpha value is -1.60. The van der Waals surface area contributed by atoms with Gasteiger partial charge in [-0.1, -0.05) is 36.4 Å². The lowest BCUT2D eigenvalue weighted by atomic mass is 9.83. The van der Waals surface area contributed by atoms with E-state index < -0.39 is 0 Å². The summed E-state index contributed by atoms with van der Waals surface area (Å²) in [4.78, 5) is 0. The lowest BCUT2D eigenvalue weighted by molar-refractivity contribution is -0.920. The molecule has 3 aliphatic rings. The molecule has 1 heteroatoms. The van der Waals surface area contributed by atoms with Gasteiger partial charge in [0.05, 0.1) is 19.6 Å². The molecule has 0 saturated carbocycles. The Morgan fingerprint density at radius 2 is 1.77 bits per heavy atom. The average Bonchev–Trinajstić information content (AvgIpc) is 2.89. The Bertz CT molecular complexity index is 765. The Balaban J connectivity index is 1.59. The Labute approximate surface area is 132 Å². The maximum atomic E-state index is 2.56. The first-order valence-corrected chi connectivity index (χ1v) is 8.89. The van der Waals surface area contributed by atoms with E-state index in [1.807, 2.05) is 0 Å². The summed E-state index contributed by atoms with van der Waals surface area (Å²) in [5, 5.41) is 2.83. The van der Waals surface area contributed by atoms with Crippen LogP contribution in [0.1, 0.15) is 30.4 Å². The number of hydrogen-bond donors (Lipinski definition) is 0. The average molecular weight is 290 g/mol. The highest BCUT2D eigenvalue weighted by Gasteiger charge is 2.43. The van der Waals surface area contributed by atoms with Crippen molar-refractivity contribution in [2.75, 3.05) is 26.2 Å². The molecule has 1 unspecified atom stereocenters. The first-order chi connectivity index (χ1) is 10.8. The number of piperidine rings is 1. The number of hydrogen-bond acceptors (Lipinski definition) is 0. The Kier molecular flexibility index (Phi) is 2.75. The van der Waals surface area contributed by atoms with Crippen molar-refractivity contribution in [1.82, 2.24) is 0 Å². The zero-order valence-electron chi connectivity index (χ0n) is 13.2. The van der Waals surface area contributed by atoms with Gasteiger partial charge in [-0.3, -0.25) is 0 Å².